The van der Waals surface area contributed by atoms with Crippen LogP contribution in [-0.2, 0) is 11.0 Å². The second kappa shape index (κ2) is 8.82. The van der Waals surface area contributed by atoms with Crippen LogP contribution < -0.4 is 5.73 Å². The highest BCUT2D eigenvalue weighted by atomic mass is 32.2. The van der Waals surface area contributed by atoms with Gasteiger partial charge >= 0.3 is 0 Å². The molecule has 4 rings (SSSR count). The normalized spacial score (nSPS) is 21.9. The Morgan fingerprint density at radius 2 is 1.71 bits per heavy atom. The zero-order chi connectivity index (χ0) is 20.3. The van der Waals surface area contributed by atoms with Gasteiger partial charge in [-0.1, -0.05) is 33.1 Å². The van der Waals surface area contributed by atoms with E-state index in [0.29, 0.717) is 21.9 Å². The van der Waals surface area contributed by atoms with Gasteiger partial charge in [0.2, 0.25) is 0 Å². The third-order valence-electron chi connectivity index (χ3n) is 5.42. The fourth-order valence-electron chi connectivity index (χ4n) is 4.00. The third-order valence-corrected chi connectivity index (χ3v) is 7.00. The smallest absolute Gasteiger partial charge is 0.250 e. The maximum atomic E-state index is 13.4. The molecule has 2 aromatic heterocycles. The van der Waals surface area contributed by atoms with Crippen molar-refractivity contribution in [3.63, 3.8) is 0 Å². The van der Waals surface area contributed by atoms with Crippen molar-refractivity contribution in [3.05, 3.63) is 12.4 Å². The van der Waals surface area contributed by atoms with Crippen LogP contribution in [0.4, 0.5) is 14.6 Å². The Morgan fingerprint density at radius 1 is 1.11 bits per heavy atom. The standard InChI is InChI=1S/C17H23F2N5OS.C2H6/c18-17(19)6-10-23(11-7-17)26(25)14-13-16(22-9-8-21-13)24(15(14)20)12-4-2-1-3-5-12;1-2/h8-9,12H,1-7,10-11,20H2;1-2H3. The molecule has 1 saturated heterocycles. The second-order valence-electron chi connectivity index (χ2n) is 7.14. The molecular weight excluding hydrogens is 384 g/mol. The molecule has 2 aliphatic rings. The molecule has 0 spiro atoms. The average Bonchev–Trinajstić information content (AvgIpc) is 3.01. The molecule has 0 bridgehead atoms. The Kier molecular flexibility index (Phi) is 6.65. The predicted molar refractivity (Wildman–Crippen MR) is 108 cm³/mol. The van der Waals surface area contributed by atoms with E-state index in [2.05, 4.69) is 9.97 Å². The molecule has 9 heteroatoms. The van der Waals surface area contributed by atoms with Gasteiger partial charge in [0.15, 0.2) is 5.65 Å². The van der Waals surface area contributed by atoms with Crippen molar-refractivity contribution in [2.45, 2.75) is 75.7 Å². The van der Waals surface area contributed by atoms with Gasteiger partial charge in [-0.25, -0.2) is 27.3 Å². The molecule has 1 saturated carbocycles. The fourth-order valence-corrected chi connectivity index (χ4v) is 5.36. The first-order valence-corrected chi connectivity index (χ1v) is 11.2. The minimum Gasteiger partial charge on any atom is -0.384 e. The number of nitrogen functional groups attached to an aromatic ring is 1. The highest BCUT2D eigenvalue weighted by Crippen LogP contribution is 2.39. The molecule has 0 amide bonds. The van der Waals surface area contributed by atoms with Gasteiger partial charge in [-0.3, -0.25) is 0 Å². The summed E-state index contributed by atoms with van der Waals surface area (Å²) in [4.78, 5) is 9.23. The molecule has 0 radical (unpaired) electrons. The summed E-state index contributed by atoms with van der Waals surface area (Å²) in [6, 6.07) is 0.222. The monoisotopic (exact) mass is 413 g/mol. The van der Waals surface area contributed by atoms with E-state index < -0.39 is 16.9 Å². The van der Waals surface area contributed by atoms with Gasteiger partial charge in [-0.05, 0) is 12.8 Å². The van der Waals surface area contributed by atoms with Crippen molar-refractivity contribution in [2.75, 3.05) is 18.8 Å². The number of piperidine rings is 1. The minimum atomic E-state index is -2.68. The van der Waals surface area contributed by atoms with Crippen LogP contribution in [0.1, 0.15) is 64.8 Å². The zero-order valence-electron chi connectivity index (χ0n) is 16.5. The third kappa shape index (κ3) is 4.05. The van der Waals surface area contributed by atoms with Crippen LogP contribution in [0.15, 0.2) is 17.3 Å². The molecule has 156 valence electrons. The van der Waals surface area contributed by atoms with E-state index in [-0.39, 0.29) is 32.0 Å². The summed E-state index contributed by atoms with van der Waals surface area (Å²) in [7, 11) is -1.62. The summed E-state index contributed by atoms with van der Waals surface area (Å²) in [5.41, 5.74) is 7.58. The van der Waals surface area contributed by atoms with Crippen LogP contribution in [0.25, 0.3) is 11.2 Å². The van der Waals surface area contributed by atoms with Gasteiger partial charge in [0.1, 0.15) is 27.2 Å². The topological polar surface area (TPSA) is 77.0 Å². The van der Waals surface area contributed by atoms with Crippen molar-refractivity contribution in [1.29, 1.82) is 0 Å². The summed E-state index contributed by atoms with van der Waals surface area (Å²) < 4.78 is 43.6. The van der Waals surface area contributed by atoms with Crippen molar-refractivity contribution in [2.24, 2.45) is 0 Å². The summed E-state index contributed by atoms with van der Waals surface area (Å²) in [5, 5.41) is 0. The molecule has 3 heterocycles. The summed E-state index contributed by atoms with van der Waals surface area (Å²) in [5.74, 6) is -2.27. The van der Waals surface area contributed by atoms with Gasteiger partial charge in [-0.2, -0.15) is 0 Å². The molecule has 1 aliphatic carbocycles. The highest BCUT2D eigenvalue weighted by Gasteiger charge is 2.38. The number of fused-ring (bicyclic) bond motifs is 1. The van der Waals surface area contributed by atoms with Gasteiger partial charge < -0.3 is 10.3 Å². The first-order chi connectivity index (χ1) is 13.5. The summed E-state index contributed by atoms with van der Waals surface area (Å²) in [6.45, 7) is 4.16. The van der Waals surface area contributed by atoms with Crippen molar-refractivity contribution in [3.8, 4) is 0 Å². The molecule has 0 aromatic carbocycles. The van der Waals surface area contributed by atoms with Crippen molar-refractivity contribution >= 4 is 28.0 Å². The molecule has 1 atom stereocenters. The van der Waals surface area contributed by atoms with Crippen molar-refractivity contribution in [1.82, 2.24) is 18.8 Å². The number of hydrogen-bond acceptors (Lipinski definition) is 4. The molecule has 6 nitrogen and oxygen atoms in total. The average molecular weight is 414 g/mol. The lowest BCUT2D eigenvalue weighted by molar-refractivity contribution is -0.0405. The van der Waals surface area contributed by atoms with Crippen molar-refractivity contribution < 1.29 is 13.0 Å². The van der Waals surface area contributed by atoms with E-state index >= 15 is 0 Å². The molecular formula is C19H29F2N5OS. The molecule has 1 aliphatic heterocycles. The van der Waals surface area contributed by atoms with Gasteiger partial charge in [0.25, 0.3) is 5.92 Å². The number of nitrogens with two attached hydrogens (primary N) is 1. The lowest BCUT2D eigenvalue weighted by Crippen LogP contribution is -2.40. The number of anilines is 1. The molecule has 1 unspecified atom stereocenters. The Labute approximate surface area is 167 Å². The maximum Gasteiger partial charge on any atom is 0.250 e. The SMILES string of the molecule is CC.Nc1c(S(=O)N2CCC(F)(F)CC2)c2nccnc2n1C1CCCCC1. The fraction of sp³-hybridized carbons (Fsp3) is 0.684. The summed E-state index contributed by atoms with van der Waals surface area (Å²) >= 11 is 0. The predicted octanol–water partition coefficient (Wildman–Crippen LogP) is 4.30. The Hall–Kier alpha value is -1.61. The highest BCUT2D eigenvalue weighted by molar-refractivity contribution is 7.83. The van der Waals surface area contributed by atoms with Crippen LogP contribution in [0, 0.1) is 0 Å². The van der Waals surface area contributed by atoms with Gasteiger partial charge in [0.05, 0.1) is 0 Å². The summed E-state index contributed by atoms with van der Waals surface area (Å²) in [6.07, 6.45) is 8.07. The number of aromatic nitrogens is 3. The first kappa shape index (κ1) is 21.1. The van der Waals surface area contributed by atoms with E-state index in [9.17, 15) is 13.0 Å². The quantitative estimate of drug-likeness (QED) is 0.814. The maximum absolute atomic E-state index is 13.4. The Bertz CT molecular complexity index is 825. The van der Waals surface area contributed by atoms with E-state index in [1.54, 1.807) is 16.7 Å². The number of nitrogens with zero attached hydrogens (tertiary/aromatic N) is 4. The van der Waals surface area contributed by atoms with Crippen LogP contribution in [0.3, 0.4) is 0 Å². The largest absolute Gasteiger partial charge is 0.384 e. The van der Waals surface area contributed by atoms with E-state index in [4.69, 9.17) is 5.73 Å². The molecule has 2 aromatic rings. The second-order valence-corrected chi connectivity index (χ2v) is 8.56. The Balaban J connectivity index is 0.00000109. The van der Waals surface area contributed by atoms with Gasteiger partial charge in [0, 0.05) is 44.4 Å². The number of hydrogen-bond donors (Lipinski definition) is 1. The number of alkyl halides is 2. The number of halogens is 2. The van der Waals surface area contributed by atoms with Crippen LogP contribution >= 0.6 is 0 Å². The van der Waals surface area contributed by atoms with Crippen LogP contribution in [0.2, 0.25) is 0 Å². The van der Waals surface area contributed by atoms with Gasteiger partial charge in [-0.15, -0.1) is 0 Å². The lowest BCUT2D eigenvalue weighted by Gasteiger charge is -2.30. The number of rotatable bonds is 3. The molecule has 2 fully saturated rings. The van der Waals surface area contributed by atoms with E-state index in [0.717, 1.165) is 25.7 Å². The lowest BCUT2D eigenvalue weighted by atomic mass is 9.95. The van der Waals surface area contributed by atoms with Crippen LogP contribution in [0.5, 0.6) is 0 Å². The zero-order valence-corrected chi connectivity index (χ0v) is 17.4. The van der Waals surface area contributed by atoms with E-state index in [1.165, 1.54) is 6.42 Å². The minimum absolute atomic E-state index is 0.0788. The first-order valence-electron chi connectivity index (χ1n) is 10.1. The Morgan fingerprint density at radius 3 is 2.36 bits per heavy atom. The molecule has 2 N–H and O–H groups in total. The molecule has 28 heavy (non-hydrogen) atoms. The van der Waals surface area contributed by atoms with Crippen LogP contribution in [-0.4, -0.2) is 42.1 Å². The van der Waals surface area contributed by atoms with E-state index in [1.807, 2.05) is 18.4 Å².